The maximum atomic E-state index is 11.9. The lowest BCUT2D eigenvalue weighted by Gasteiger charge is -2.34. The molecule has 0 spiro atoms. The van der Waals surface area contributed by atoms with E-state index in [-0.39, 0.29) is 35.2 Å². The summed E-state index contributed by atoms with van der Waals surface area (Å²) in [6, 6.07) is 7.21. The summed E-state index contributed by atoms with van der Waals surface area (Å²) in [7, 11) is 0. The Hall–Kier alpha value is -4.41. The van der Waals surface area contributed by atoms with Gasteiger partial charge < -0.3 is 28.4 Å². The lowest BCUT2D eigenvalue weighted by Crippen LogP contribution is -2.34. The molecule has 36 heavy (non-hydrogen) atoms. The van der Waals surface area contributed by atoms with Gasteiger partial charge in [-0.05, 0) is 12.1 Å². The highest BCUT2D eigenvalue weighted by Crippen LogP contribution is 2.45. The third kappa shape index (κ3) is 6.59. The monoisotopic (exact) mass is 500 g/mol. The van der Waals surface area contributed by atoms with Gasteiger partial charge in [0.1, 0.15) is 23.4 Å². The van der Waals surface area contributed by atoms with Crippen LogP contribution in [-0.2, 0) is 35.1 Å². The van der Waals surface area contributed by atoms with Crippen LogP contribution in [0.15, 0.2) is 30.3 Å². The molecule has 0 aliphatic carbocycles. The van der Waals surface area contributed by atoms with Gasteiger partial charge in [0.05, 0.1) is 0 Å². The molecule has 1 heterocycles. The summed E-state index contributed by atoms with van der Waals surface area (Å²) in [6.45, 7) is 6.04. The van der Waals surface area contributed by atoms with Crippen molar-refractivity contribution in [3.63, 3.8) is 0 Å². The van der Waals surface area contributed by atoms with E-state index in [0.717, 1.165) is 0 Å². The Kier molecular flexibility index (Phi) is 7.93. The van der Waals surface area contributed by atoms with Crippen molar-refractivity contribution in [3.8, 4) is 28.7 Å². The first-order chi connectivity index (χ1) is 16.9. The molecule has 11 nitrogen and oxygen atoms in total. The van der Waals surface area contributed by atoms with Gasteiger partial charge in [0.2, 0.25) is 0 Å². The van der Waals surface area contributed by atoms with Crippen LogP contribution in [0, 0.1) is 0 Å². The average Bonchev–Trinajstić information content (AvgIpc) is 2.73. The van der Waals surface area contributed by atoms with Gasteiger partial charge in [0.15, 0.2) is 17.6 Å². The van der Waals surface area contributed by atoms with Gasteiger partial charge in [-0.15, -0.1) is 0 Å². The van der Waals surface area contributed by atoms with E-state index in [4.69, 9.17) is 28.4 Å². The molecule has 2 aromatic carbocycles. The van der Waals surface area contributed by atoms with Gasteiger partial charge in [-0.3, -0.25) is 24.0 Å². The Morgan fingerprint density at radius 2 is 1.28 bits per heavy atom. The Morgan fingerprint density at radius 3 is 1.86 bits per heavy atom. The van der Waals surface area contributed by atoms with Crippen molar-refractivity contribution >= 4 is 29.8 Å². The third-order valence-corrected chi connectivity index (χ3v) is 4.77. The fourth-order valence-electron chi connectivity index (χ4n) is 3.67. The lowest BCUT2D eigenvalue weighted by molar-refractivity contribution is -0.152. The molecule has 11 heteroatoms. The summed E-state index contributed by atoms with van der Waals surface area (Å²) in [5.41, 5.74) is 0.839. The molecule has 1 aliphatic heterocycles. The van der Waals surface area contributed by atoms with E-state index in [1.807, 2.05) is 0 Å². The second-order valence-corrected chi connectivity index (χ2v) is 7.87. The second-order valence-electron chi connectivity index (χ2n) is 7.87. The number of ether oxygens (including phenoxy) is 6. The van der Waals surface area contributed by atoms with Gasteiger partial charge in [-0.1, -0.05) is 6.07 Å². The first kappa shape index (κ1) is 26.2. The van der Waals surface area contributed by atoms with Crippen molar-refractivity contribution in [1.29, 1.82) is 0 Å². The molecular weight excluding hydrogens is 476 g/mol. The summed E-state index contributed by atoms with van der Waals surface area (Å²) in [4.78, 5) is 58.1. The quantitative estimate of drug-likeness (QED) is 0.427. The summed E-state index contributed by atoms with van der Waals surface area (Å²) < 4.78 is 32.4. The number of hydrogen-bond acceptors (Lipinski definition) is 11. The molecule has 0 radical (unpaired) electrons. The van der Waals surface area contributed by atoms with Crippen LogP contribution in [0.5, 0.6) is 28.7 Å². The van der Waals surface area contributed by atoms with Crippen LogP contribution in [0.1, 0.15) is 51.8 Å². The van der Waals surface area contributed by atoms with Crippen LogP contribution in [-0.4, -0.2) is 36.0 Å². The van der Waals surface area contributed by atoms with Crippen LogP contribution in [0.3, 0.4) is 0 Å². The van der Waals surface area contributed by atoms with E-state index in [0.29, 0.717) is 11.1 Å². The zero-order chi connectivity index (χ0) is 26.6. The van der Waals surface area contributed by atoms with Crippen LogP contribution >= 0.6 is 0 Å². The molecule has 3 rings (SSSR count). The highest BCUT2D eigenvalue weighted by molar-refractivity contribution is 5.74. The zero-order valence-electron chi connectivity index (χ0n) is 20.2. The Labute approximate surface area is 206 Å². The number of benzene rings is 2. The standard InChI is InChI=1S/C25H24O11/c1-12(26)31-18-9-21(33-14(3)28)19-11-24(35-16(5)30)25(36-22(19)10-18)17-6-7-20(32-13(2)27)23(8-17)34-15(4)29/h6-10,24-25H,11H2,1-5H3/t24-,25-/m1/s1. The zero-order valence-corrected chi connectivity index (χ0v) is 20.2. The molecule has 0 unspecified atom stereocenters. The predicted octanol–water partition coefficient (Wildman–Crippen LogP) is 3.00. The first-order valence-electron chi connectivity index (χ1n) is 10.8. The van der Waals surface area contributed by atoms with E-state index in [2.05, 4.69) is 0 Å². The van der Waals surface area contributed by atoms with E-state index >= 15 is 0 Å². The molecule has 0 saturated heterocycles. The van der Waals surface area contributed by atoms with E-state index < -0.39 is 42.1 Å². The van der Waals surface area contributed by atoms with Crippen molar-refractivity contribution in [3.05, 3.63) is 41.5 Å². The number of carbonyl (C=O) groups excluding carboxylic acids is 5. The molecule has 190 valence electrons. The van der Waals surface area contributed by atoms with Crippen molar-refractivity contribution in [1.82, 2.24) is 0 Å². The molecule has 0 saturated carbocycles. The Balaban J connectivity index is 2.11. The van der Waals surface area contributed by atoms with Gasteiger partial charge >= 0.3 is 29.8 Å². The van der Waals surface area contributed by atoms with Gasteiger partial charge in [0.25, 0.3) is 0 Å². The summed E-state index contributed by atoms with van der Waals surface area (Å²) in [5, 5.41) is 0. The summed E-state index contributed by atoms with van der Waals surface area (Å²) >= 11 is 0. The molecule has 2 atom stereocenters. The van der Waals surface area contributed by atoms with Crippen molar-refractivity contribution < 1.29 is 52.4 Å². The lowest BCUT2D eigenvalue weighted by atomic mass is 9.93. The highest BCUT2D eigenvalue weighted by atomic mass is 16.6. The van der Waals surface area contributed by atoms with Gasteiger partial charge in [-0.2, -0.15) is 0 Å². The molecule has 0 amide bonds. The smallest absolute Gasteiger partial charge is 0.308 e. The third-order valence-electron chi connectivity index (χ3n) is 4.77. The molecule has 0 bridgehead atoms. The topological polar surface area (TPSA) is 141 Å². The van der Waals surface area contributed by atoms with Crippen LogP contribution in [0.25, 0.3) is 0 Å². The average molecular weight is 500 g/mol. The molecule has 0 N–H and O–H groups in total. The van der Waals surface area contributed by atoms with Crippen molar-refractivity contribution in [2.45, 2.75) is 53.2 Å². The number of carbonyl (C=O) groups is 5. The van der Waals surface area contributed by atoms with Crippen LogP contribution in [0.4, 0.5) is 0 Å². The van der Waals surface area contributed by atoms with Crippen LogP contribution in [0.2, 0.25) is 0 Å². The highest BCUT2D eigenvalue weighted by Gasteiger charge is 2.37. The molecule has 0 fully saturated rings. The summed E-state index contributed by atoms with van der Waals surface area (Å²) in [6.07, 6.45) is -1.72. The minimum Gasteiger partial charge on any atom is -0.481 e. The van der Waals surface area contributed by atoms with Crippen molar-refractivity contribution in [2.24, 2.45) is 0 Å². The van der Waals surface area contributed by atoms with E-state index in [9.17, 15) is 24.0 Å². The first-order valence-corrected chi connectivity index (χ1v) is 10.8. The number of hydrogen-bond donors (Lipinski definition) is 0. The molecule has 1 aliphatic rings. The normalized spacial score (nSPS) is 16.0. The largest absolute Gasteiger partial charge is 0.481 e. The maximum absolute atomic E-state index is 11.9. The fraction of sp³-hybridized carbons (Fsp3) is 0.320. The number of rotatable bonds is 6. The predicted molar refractivity (Wildman–Crippen MR) is 121 cm³/mol. The van der Waals surface area contributed by atoms with Gasteiger partial charge in [0, 0.05) is 64.3 Å². The second kappa shape index (κ2) is 10.9. The molecule has 2 aromatic rings. The maximum Gasteiger partial charge on any atom is 0.308 e. The Morgan fingerprint density at radius 1 is 0.694 bits per heavy atom. The number of esters is 5. The molecular formula is C25H24O11. The van der Waals surface area contributed by atoms with E-state index in [1.54, 1.807) is 6.07 Å². The SMILES string of the molecule is CC(=O)Oc1cc(OC(C)=O)c2c(c1)O[C@H](c1ccc(OC(C)=O)c(OC(C)=O)c1)[C@H](OC(C)=O)C2. The Bertz CT molecular complexity index is 1230. The molecule has 0 aromatic heterocycles. The van der Waals surface area contributed by atoms with Crippen molar-refractivity contribution in [2.75, 3.05) is 0 Å². The van der Waals surface area contributed by atoms with E-state index in [1.165, 1.54) is 58.9 Å². The van der Waals surface area contributed by atoms with Gasteiger partial charge in [-0.25, -0.2) is 0 Å². The summed E-state index contributed by atoms with van der Waals surface area (Å²) in [5.74, 6) is -2.72. The minimum absolute atomic E-state index is 0.0102. The number of fused-ring (bicyclic) bond motifs is 1. The fourth-order valence-corrected chi connectivity index (χ4v) is 3.67. The van der Waals surface area contributed by atoms with Crippen LogP contribution < -0.4 is 23.7 Å². The minimum atomic E-state index is -0.917.